The van der Waals surface area contributed by atoms with Crippen LogP contribution in [-0.2, 0) is 20.9 Å². The van der Waals surface area contributed by atoms with E-state index in [1.165, 1.54) is 4.90 Å². The summed E-state index contributed by atoms with van der Waals surface area (Å²) in [7, 11) is 1.55. The molecule has 164 valence electrons. The molecule has 1 aromatic rings. The molecule has 10 heteroatoms. The number of fused-ring (bicyclic) bond motifs is 1. The second-order valence-electron chi connectivity index (χ2n) is 8.31. The topological polar surface area (TPSA) is 117 Å². The van der Waals surface area contributed by atoms with Gasteiger partial charge in [-0.15, -0.1) is 0 Å². The van der Waals surface area contributed by atoms with E-state index in [0.717, 1.165) is 5.56 Å². The van der Waals surface area contributed by atoms with Gasteiger partial charge in [-0.05, 0) is 31.5 Å². The molecule has 3 atom stereocenters. The summed E-state index contributed by atoms with van der Waals surface area (Å²) in [4.78, 5) is 38.1. The monoisotopic (exact) mass is 424 g/mol. The number of nitrogens with zero attached hydrogens (tertiary/aromatic N) is 2. The van der Waals surface area contributed by atoms with E-state index in [0.29, 0.717) is 5.75 Å². The Hall–Kier alpha value is -2.88. The van der Waals surface area contributed by atoms with Gasteiger partial charge in [-0.2, -0.15) is 4.39 Å². The minimum Gasteiger partial charge on any atom is -0.497 e. The molecule has 0 aliphatic carbocycles. The molecule has 1 aromatic carbocycles. The zero-order valence-corrected chi connectivity index (χ0v) is 17.0. The molecule has 0 saturated carbocycles. The molecule has 2 aliphatic heterocycles. The number of hydrogen-bond acceptors (Lipinski definition) is 6. The van der Waals surface area contributed by atoms with E-state index in [2.05, 4.69) is 0 Å². The zero-order valence-electron chi connectivity index (χ0n) is 17.0. The van der Waals surface area contributed by atoms with E-state index in [-0.39, 0.29) is 24.6 Å². The highest BCUT2D eigenvalue weighted by Crippen LogP contribution is 2.43. The smallest absolute Gasteiger partial charge is 0.412 e. The number of hydrogen-bond donors (Lipinski definition) is 2. The third-order valence-corrected chi connectivity index (χ3v) is 5.51. The van der Waals surface area contributed by atoms with Crippen LogP contribution in [0.2, 0.25) is 0 Å². The predicted molar refractivity (Wildman–Crippen MR) is 101 cm³/mol. The maximum Gasteiger partial charge on any atom is 0.412 e. The quantitative estimate of drug-likeness (QED) is 0.526. The number of halogens is 1. The van der Waals surface area contributed by atoms with Crippen LogP contribution < -0.4 is 4.74 Å². The Morgan fingerprint density at radius 1 is 1.30 bits per heavy atom. The molecule has 2 fully saturated rings. The van der Waals surface area contributed by atoms with Gasteiger partial charge in [0, 0.05) is 25.4 Å². The normalized spacial score (nSPS) is 26.0. The van der Waals surface area contributed by atoms with Crippen LogP contribution in [-0.4, -0.2) is 70.2 Å². The number of carboxylic acid groups (broad SMARTS) is 1. The van der Waals surface area contributed by atoms with Crippen LogP contribution in [0.15, 0.2) is 24.3 Å². The summed E-state index contributed by atoms with van der Waals surface area (Å²) in [5.41, 5.74) is -0.299. The highest BCUT2D eigenvalue weighted by Gasteiger charge is 2.61. The summed E-state index contributed by atoms with van der Waals surface area (Å²) in [5.74, 6) is -4.24. The molecule has 30 heavy (non-hydrogen) atoms. The number of benzene rings is 1. The molecule has 0 aromatic heterocycles. The molecule has 2 N–H and O–H groups in total. The summed E-state index contributed by atoms with van der Waals surface area (Å²) in [5, 5.41) is 18.9. The lowest BCUT2D eigenvalue weighted by molar-refractivity contribution is -0.184. The first-order valence-corrected chi connectivity index (χ1v) is 9.49. The van der Waals surface area contributed by atoms with Gasteiger partial charge in [-0.25, -0.2) is 9.69 Å². The number of rotatable bonds is 6. The van der Waals surface area contributed by atoms with E-state index in [9.17, 15) is 29.0 Å². The van der Waals surface area contributed by atoms with Crippen LogP contribution in [0.5, 0.6) is 5.75 Å². The number of amides is 2. The molecule has 2 amide bonds. The maximum absolute atomic E-state index is 14.2. The van der Waals surface area contributed by atoms with Crippen molar-refractivity contribution in [2.24, 2.45) is 11.3 Å². The van der Waals surface area contributed by atoms with Gasteiger partial charge in [0.1, 0.15) is 18.4 Å². The fraction of sp³-hybridized carbons (Fsp3) is 0.550. The van der Waals surface area contributed by atoms with Gasteiger partial charge in [-0.3, -0.25) is 9.59 Å². The molecule has 2 aliphatic rings. The Balaban J connectivity index is 1.61. The van der Waals surface area contributed by atoms with Gasteiger partial charge in [0.05, 0.1) is 12.5 Å². The number of methoxy groups -OCH3 is 1. The molecular weight excluding hydrogens is 399 g/mol. The first kappa shape index (κ1) is 21.8. The van der Waals surface area contributed by atoms with Crippen molar-refractivity contribution in [3.8, 4) is 5.75 Å². The Bertz CT molecular complexity index is 840. The second kappa shape index (κ2) is 7.75. The van der Waals surface area contributed by atoms with Gasteiger partial charge in [0.15, 0.2) is 0 Å². The fourth-order valence-corrected chi connectivity index (χ4v) is 4.02. The van der Waals surface area contributed by atoms with Gasteiger partial charge in [0.2, 0.25) is 5.91 Å². The van der Waals surface area contributed by atoms with Crippen molar-refractivity contribution in [3.05, 3.63) is 29.8 Å². The highest BCUT2D eigenvalue weighted by atomic mass is 19.2. The molecular formula is C20H25FN2O7. The lowest BCUT2D eigenvalue weighted by atomic mass is 9.93. The number of carbonyl (C=O) groups is 3. The van der Waals surface area contributed by atoms with Gasteiger partial charge in [0.25, 0.3) is 5.98 Å². The molecule has 0 radical (unpaired) electrons. The van der Waals surface area contributed by atoms with Crippen LogP contribution in [0.4, 0.5) is 9.18 Å². The lowest BCUT2D eigenvalue weighted by Gasteiger charge is -2.31. The summed E-state index contributed by atoms with van der Waals surface area (Å²) >= 11 is 0. The largest absolute Gasteiger partial charge is 0.497 e. The van der Waals surface area contributed by atoms with Crippen molar-refractivity contribution in [3.63, 3.8) is 0 Å². The molecule has 2 heterocycles. The van der Waals surface area contributed by atoms with E-state index in [1.807, 2.05) is 0 Å². The van der Waals surface area contributed by atoms with Crippen LogP contribution >= 0.6 is 0 Å². The first-order chi connectivity index (χ1) is 14.0. The number of aliphatic hydroxyl groups is 1. The van der Waals surface area contributed by atoms with E-state index >= 15 is 0 Å². The molecule has 3 unspecified atom stereocenters. The fourth-order valence-electron chi connectivity index (χ4n) is 4.02. The van der Waals surface area contributed by atoms with Crippen molar-refractivity contribution in [1.29, 1.82) is 0 Å². The summed E-state index contributed by atoms with van der Waals surface area (Å²) in [6.45, 7) is 3.32. The average molecular weight is 424 g/mol. The van der Waals surface area contributed by atoms with Crippen LogP contribution in [0, 0.1) is 11.3 Å². The van der Waals surface area contributed by atoms with Gasteiger partial charge in [-0.1, -0.05) is 12.1 Å². The van der Waals surface area contributed by atoms with Crippen LogP contribution in [0.3, 0.4) is 0 Å². The van der Waals surface area contributed by atoms with E-state index < -0.39 is 47.7 Å². The Morgan fingerprint density at radius 3 is 2.50 bits per heavy atom. The predicted octanol–water partition coefficient (Wildman–Crippen LogP) is 1.59. The minimum absolute atomic E-state index is 0.0154. The lowest BCUT2D eigenvalue weighted by Crippen LogP contribution is -2.52. The van der Waals surface area contributed by atoms with Crippen molar-refractivity contribution < 1.29 is 38.5 Å². The SMILES string of the molecule is COc1ccc(COC(=O)C(C)(C)CN2CC3CC(O)(F)N(C(=O)O)C3C2=O)cc1. The molecule has 9 nitrogen and oxygen atoms in total. The van der Waals surface area contributed by atoms with E-state index in [4.69, 9.17) is 9.47 Å². The average Bonchev–Trinajstić information content (AvgIpc) is 3.09. The zero-order chi connectivity index (χ0) is 22.3. The second-order valence-corrected chi connectivity index (χ2v) is 8.31. The summed E-state index contributed by atoms with van der Waals surface area (Å²) in [6.07, 6.45) is -2.20. The van der Waals surface area contributed by atoms with Crippen LogP contribution in [0.1, 0.15) is 25.8 Å². The molecule has 0 spiro atoms. The third kappa shape index (κ3) is 4.04. The highest BCUT2D eigenvalue weighted by molar-refractivity contribution is 5.89. The number of esters is 1. The van der Waals surface area contributed by atoms with Gasteiger partial charge >= 0.3 is 12.1 Å². The Labute approximate surface area is 173 Å². The van der Waals surface area contributed by atoms with Gasteiger partial charge < -0.3 is 24.6 Å². The molecule has 3 rings (SSSR count). The first-order valence-electron chi connectivity index (χ1n) is 9.49. The van der Waals surface area contributed by atoms with Crippen molar-refractivity contribution in [1.82, 2.24) is 9.80 Å². The molecule has 0 bridgehead atoms. The van der Waals surface area contributed by atoms with Crippen molar-refractivity contribution in [2.45, 2.75) is 38.9 Å². The van der Waals surface area contributed by atoms with Crippen molar-refractivity contribution >= 4 is 18.0 Å². The standard InChI is InChI=1S/C20H25FN2O7/c1-19(2,17(25)30-10-12-4-6-14(29-3)7-5-12)11-22-9-13-8-20(21,28)23(18(26)27)15(13)16(22)24/h4-7,13,15,28H,8-11H2,1-3H3,(H,26,27). The maximum atomic E-state index is 14.2. The number of carbonyl (C=O) groups excluding carboxylic acids is 2. The molecule has 2 saturated heterocycles. The minimum atomic E-state index is -3.07. The Morgan fingerprint density at radius 2 is 1.93 bits per heavy atom. The number of likely N-dealkylation sites (tertiary alicyclic amines) is 2. The number of alkyl halides is 1. The third-order valence-electron chi connectivity index (χ3n) is 5.51. The van der Waals surface area contributed by atoms with Crippen LogP contribution in [0.25, 0.3) is 0 Å². The summed E-state index contributed by atoms with van der Waals surface area (Å²) < 4.78 is 24.6. The summed E-state index contributed by atoms with van der Waals surface area (Å²) in [6, 6.07) is 5.72. The van der Waals surface area contributed by atoms with Crippen molar-refractivity contribution in [2.75, 3.05) is 20.2 Å². The number of ether oxygens (including phenoxy) is 2. The van der Waals surface area contributed by atoms with E-state index in [1.54, 1.807) is 45.2 Å². The Kier molecular flexibility index (Phi) is 5.64.